The second kappa shape index (κ2) is 6.75. The Morgan fingerprint density at radius 2 is 2.00 bits per heavy atom. The number of hydrogen-bond donors (Lipinski definition) is 1. The van der Waals surface area contributed by atoms with Crippen molar-refractivity contribution in [3.63, 3.8) is 0 Å². The van der Waals surface area contributed by atoms with Crippen LogP contribution in [0.4, 0.5) is 0 Å². The van der Waals surface area contributed by atoms with Gasteiger partial charge in [-0.3, -0.25) is 9.69 Å². The molecule has 2 aliphatic heterocycles. The van der Waals surface area contributed by atoms with E-state index in [1.165, 1.54) is 12.8 Å². The maximum atomic E-state index is 12.9. The molecule has 0 bridgehead atoms. The summed E-state index contributed by atoms with van der Waals surface area (Å²) in [6, 6.07) is 9.72. The predicted molar refractivity (Wildman–Crippen MR) is 90.2 cm³/mol. The van der Waals surface area contributed by atoms with Gasteiger partial charge in [-0.2, -0.15) is 5.10 Å². The van der Waals surface area contributed by atoms with Gasteiger partial charge in [0.2, 0.25) is 0 Å². The molecule has 0 aliphatic carbocycles. The highest BCUT2D eigenvalue weighted by Gasteiger charge is 2.35. The molecule has 2 aliphatic rings. The van der Waals surface area contributed by atoms with Crippen LogP contribution in [-0.2, 0) is 4.74 Å². The van der Waals surface area contributed by atoms with Crippen LogP contribution in [0.1, 0.15) is 23.2 Å². The van der Waals surface area contributed by atoms with Crippen LogP contribution in [0, 0.1) is 0 Å². The quantitative estimate of drug-likeness (QED) is 0.924. The van der Waals surface area contributed by atoms with Crippen molar-refractivity contribution >= 4 is 5.91 Å². The average Bonchev–Trinajstić information content (AvgIpc) is 3.36. The molecule has 1 amide bonds. The lowest BCUT2D eigenvalue weighted by atomic mass is 10.1. The molecule has 6 nitrogen and oxygen atoms in total. The first-order chi connectivity index (χ1) is 11.8. The minimum atomic E-state index is -0.0687. The van der Waals surface area contributed by atoms with Gasteiger partial charge in [-0.1, -0.05) is 12.1 Å². The van der Waals surface area contributed by atoms with Gasteiger partial charge >= 0.3 is 0 Å². The van der Waals surface area contributed by atoms with Gasteiger partial charge in [0.1, 0.15) is 0 Å². The topological polar surface area (TPSA) is 59.4 Å². The molecule has 1 aromatic heterocycles. The van der Waals surface area contributed by atoms with Crippen molar-refractivity contribution in [3.05, 3.63) is 48.3 Å². The van der Waals surface area contributed by atoms with E-state index in [4.69, 9.17) is 4.74 Å². The molecule has 1 N–H and O–H groups in total. The van der Waals surface area contributed by atoms with Gasteiger partial charge in [-0.25, -0.2) is 4.68 Å². The zero-order chi connectivity index (χ0) is 16.4. The Bertz CT molecular complexity index is 695. The molecule has 4 rings (SSSR count). The van der Waals surface area contributed by atoms with Crippen LogP contribution in [0.15, 0.2) is 42.7 Å². The molecular formula is C18H22N4O2. The van der Waals surface area contributed by atoms with Gasteiger partial charge in [0, 0.05) is 12.4 Å². The Morgan fingerprint density at radius 3 is 2.79 bits per heavy atom. The van der Waals surface area contributed by atoms with E-state index in [1.807, 2.05) is 36.5 Å². The SMILES string of the molecule is O=C(N[C@H]1COC[C@@H]1N1CCCC1)c1ccccc1-n1cccn1. The van der Waals surface area contributed by atoms with Gasteiger partial charge in [-0.05, 0) is 44.1 Å². The van der Waals surface area contributed by atoms with Crippen LogP contribution in [0.3, 0.4) is 0 Å². The predicted octanol–water partition coefficient (Wildman–Crippen LogP) is 1.47. The van der Waals surface area contributed by atoms with Crippen molar-refractivity contribution in [1.82, 2.24) is 20.0 Å². The van der Waals surface area contributed by atoms with Crippen molar-refractivity contribution < 1.29 is 9.53 Å². The molecular weight excluding hydrogens is 304 g/mol. The van der Waals surface area contributed by atoms with E-state index in [2.05, 4.69) is 15.3 Å². The molecule has 2 atom stereocenters. The van der Waals surface area contributed by atoms with E-state index >= 15 is 0 Å². The van der Waals surface area contributed by atoms with Crippen molar-refractivity contribution in [2.45, 2.75) is 24.9 Å². The number of amides is 1. The number of hydrogen-bond acceptors (Lipinski definition) is 4. The first-order valence-electron chi connectivity index (χ1n) is 8.54. The van der Waals surface area contributed by atoms with Crippen LogP contribution in [0.2, 0.25) is 0 Å². The van der Waals surface area contributed by atoms with Crippen LogP contribution in [0.25, 0.3) is 5.69 Å². The van der Waals surface area contributed by atoms with E-state index in [0.29, 0.717) is 18.8 Å². The highest BCUT2D eigenvalue weighted by molar-refractivity contribution is 5.98. The van der Waals surface area contributed by atoms with E-state index in [9.17, 15) is 4.79 Å². The van der Waals surface area contributed by atoms with Gasteiger partial charge < -0.3 is 10.1 Å². The van der Waals surface area contributed by atoms with Crippen molar-refractivity contribution in [2.24, 2.45) is 0 Å². The highest BCUT2D eigenvalue weighted by atomic mass is 16.5. The normalized spacial score (nSPS) is 24.3. The van der Waals surface area contributed by atoms with Crippen molar-refractivity contribution in [1.29, 1.82) is 0 Å². The van der Waals surface area contributed by atoms with Crippen molar-refractivity contribution in [3.8, 4) is 5.69 Å². The third-order valence-corrected chi connectivity index (χ3v) is 4.88. The number of carbonyl (C=O) groups excluding carboxylic acids is 1. The monoisotopic (exact) mass is 326 g/mol. The summed E-state index contributed by atoms with van der Waals surface area (Å²) in [6.07, 6.45) is 6.03. The van der Waals surface area contributed by atoms with E-state index < -0.39 is 0 Å². The molecule has 2 saturated heterocycles. The van der Waals surface area contributed by atoms with E-state index in [-0.39, 0.29) is 18.0 Å². The fourth-order valence-electron chi connectivity index (χ4n) is 3.64. The number of nitrogens with one attached hydrogen (secondary N) is 1. The Kier molecular flexibility index (Phi) is 4.32. The lowest BCUT2D eigenvalue weighted by molar-refractivity contribution is 0.0916. The molecule has 2 fully saturated rings. The number of ether oxygens (including phenoxy) is 1. The Balaban J connectivity index is 1.52. The molecule has 6 heteroatoms. The number of aromatic nitrogens is 2. The number of rotatable bonds is 4. The fraction of sp³-hybridized carbons (Fsp3) is 0.444. The minimum absolute atomic E-state index is 0.0428. The zero-order valence-electron chi connectivity index (χ0n) is 13.6. The summed E-state index contributed by atoms with van der Waals surface area (Å²) < 4.78 is 7.37. The number of nitrogens with zero attached hydrogens (tertiary/aromatic N) is 3. The molecule has 1 aromatic carbocycles. The van der Waals surface area contributed by atoms with Gasteiger partial charge in [-0.15, -0.1) is 0 Å². The third-order valence-electron chi connectivity index (χ3n) is 4.88. The van der Waals surface area contributed by atoms with Crippen LogP contribution in [0.5, 0.6) is 0 Å². The maximum absolute atomic E-state index is 12.9. The summed E-state index contributed by atoms with van der Waals surface area (Å²) in [4.78, 5) is 15.3. The van der Waals surface area contributed by atoms with Crippen LogP contribution >= 0.6 is 0 Å². The second-order valence-electron chi connectivity index (χ2n) is 6.40. The standard InChI is InChI=1S/C18H22N4O2/c23-18(14-6-1-2-7-16(14)22-11-5-8-19-22)20-15-12-24-13-17(15)21-9-3-4-10-21/h1-2,5-8,11,15,17H,3-4,9-10,12-13H2,(H,20,23)/t15-,17-/m0/s1. The smallest absolute Gasteiger partial charge is 0.253 e. The molecule has 24 heavy (non-hydrogen) atoms. The number of carbonyl (C=O) groups is 1. The Hall–Kier alpha value is -2.18. The first kappa shape index (κ1) is 15.4. The van der Waals surface area contributed by atoms with E-state index in [1.54, 1.807) is 10.9 Å². The van der Waals surface area contributed by atoms with E-state index in [0.717, 1.165) is 18.8 Å². The van der Waals surface area contributed by atoms with Crippen molar-refractivity contribution in [2.75, 3.05) is 26.3 Å². The summed E-state index contributed by atoms with van der Waals surface area (Å²) in [5.41, 5.74) is 1.42. The summed E-state index contributed by atoms with van der Waals surface area (Å²) in [7, 11) is 0. The number of likely N-dealkylation sites (tertiary alicyclic amines) is 1. The first-order valence-corrected chi connectivity index (χ1v) is 8.54. The number of benzene rings is 1. The lowest BCUT2D eigenvalue weighted by Gasteiger charge is -2.28. The molecule has 2 aromatic rings. The highest BCUT2D eigenvalue weighted by Crippen LogP contribution is 2.20. The minimum Gasteiger partial charge on any atom is -0.378 e. The summed E-state index contributed by atoms with van der Waals surface area (Å²) in [5, 5.41) is 7.42. The van der Waals surface area contributed by atoms with Gasteiger partial charge in [0.05, 0.1) is 36.5 Å². The third kappa shape index (κ3) is 2.95. The Labute approximate surface area is 141 Å². The summed E-state index contributed by atoms with van der Waals surface area (Å²) in [5.74, 6) is -0.0687. The molecule has 0 saturated carbocycles. The lowest BCUT2D eigenvalue weighted by Crippen LogP contribution is -2.50. The zero-order valence-corrected chi connectivity index (χ0v) is 13.6. The second-order valence-corrected chi connectivity index (χ2v) is 6.40. The fourth-order valence-corrected chi connectivity index (χ4v) is 3.64. The number of para-hydroxylation sites is 1. The average molecular weight is 326 g/mol. The Morgan fingerprint density at radius 1 is 1.17 bits per heavy atom. The van der Waals surface area contributed by atoms with Crippen LogP contribution in [-0.4, -0.2) is 59.0 Å². The van der Waals surface area contributed by atoms with Gasteiger partial charge in [0.15, 0.2) is 0 Å². The summed E-state index contributed by atoms with van der Waals surface area (Å²) in [6.45, 7) is 3.48. The molecule has 0 unspecified atom stereocenters. The molecule has 3 heterocycles. The summed E-state index contributed by atoms with van der Waals surface area (Å²) >= 11 is 0. The largest absolute Gasteiger partial charge is 0.378 e. The molecule has 0 spiro atoms. The van der Waals surface area contributed by atoms with Crippen LogP contribution < -0.4 is 5.32 Å². The van der Waals surface area contributed by atoms with Gasteiger partial charge in [0.25, 0.3) is 5.91 Å². The molecule has 126 valence electrons. The maximum Gasteiger partial charge on any atom is 0.253 e. The molecule has 0 radical (unpaired) electrons.